The largest absolute Gasteiger partial charge is 0.480 e. The average Bonchev–Trinajstić information content (AvgIpc) is 2.95. The minimum Gasteiger partial charge on any atom is -0.480 e. The molecule has 0 aliphatic carbocycles. The second-order valence-electron chi connectivity index (χ2n) is 5.22. The van der Waals surface area contributed by atoms with Crippen molar-refractivity contribution >= 4 is 28.1 Å². The van der Waals surface area contributed by atoms with Crippen molar-refractivity contribution in [3.63, 3.8) is 0 Å². The van der Waals surface area contributed by atoms with E-state index in [1.165, 1.54) is 11.3 Å². The van der Waals surface area contributed by atoms with Gasteiger partial charge in [0.05, 0.1) is 5.69 Å². The van der Waals surface area contributed by atoms with Gasteiger partial charge in [-0.15, -0.1) is 11.3 Å². The first-order valence-electron chi connectivity index (χ1n) is 7.32. The molecule has 2 atom stereocenters. The van der Waals surface area contributed by atoms with E-state index >= 15 is 0 Å². The summed E-state index contributed by atoms with van der Waals surface area (Å²) >= 11 is 1.51. The Kier molecular flexibility index (Phi) is 5.91. The Bertz CT molecular complexity index is 600. The van der Waals surface area contributed by atoms with Crippen LogP contribution >= 0.6 is 11.3 Å². The second-order valence-corrected chi connectivity index (χ2v) is 6.08. The molecule has 0 amide bonds. The van der Waals surface area contributed by atoms with Crippen LogP contribution in [0.1, 0.15) is 26.0 Å². The maximum atomic E-state index is 11.3. The van der Waals surface area contributed by atoms with E-state index in [0.29, 0.717) is 6.54 Å². The molecule has 0 spiro atoms. The molecule has 22 heavy (non-hydrogen) atoms. The highest BCUT2D eigenvalue weighted by molar-refractivity contribution is 7.13. The van der Waals surface area contributed by atoms with Crippen LogP contribution in [0.15, 0.2) is 35.7 Å². The van der Waals surface area contributed by atoms with Crippen LogP contribution < -0.4 is 10.6 Å². The van der Waals surface area contributed by atoms with Gasteiger partial charge in [-0.05, 0) is 18.1 Å². The van der Waals surface area contributed by atoms with Gasteiger partial charge in [-0.25, -0.2) is 4.98 Å². The zero-order valence-electron chi connectivity index (χ0n) is 12.7. The fraction of sp³-hybridized carbons (Fsp3) is 0.375. The summed E-state index contributed by atoms with van der Waals surface area (Å²) in [6.07, 6.45) is 0.821. The fourth-order valence-electron chi connectivity index (χ4n) is 2.07. The van der Waals surface area contributed by atoms with Crippen molar-refractivity contribution in [2.45, 2.75) is 32.9 Å². The number of rotatable bonds is 8. The quantitative estimate of drug-likeness (QED) is 0.694. The maximum absolute atomic E-state index is 11.3. The Balaban J connectivity index is 1.93. The first kappa shape index (κ1) is 16.5. The average molecular weight is 319 g/mol. The molecule has 2 rings (SSSR count). The third-order valence-corrected chi connectivity index (χ3v) is 4.37. The number of para-hydroxylation sites is 1. The molecule has 5 nitrogen and oxygen atoms in total. The van der Waals surface area contributed by atoms with Gasteiger partial charge < -0.3 is 10.4 Å². The molecule has 1 aromatic heterocycles. The predicted octanol–water partition coefficient (Wildman–Crippen LogP) is 3.48. The highest BCUT2D eigenvalue weighted by atomic mass is 32.1. The van der Waals surface area contributed by atoms with E-state index in [1.807, 2.05) is 49.6 Å². The van der Waals surface area contributed by atoms with Gasteiger partial charge in [0.15, 0.2) is 5.13 Å². The number of carbonyl (C=O) groups is 1. The molecule has 0 radical (unpaired) electrons. The van der Waals surface area contributed by atoms with Crippen LogP contribution in [0.5, 0.6) is 0 Å². The van der Waals surface area contributed by atoms with Crippen molar-refractivity contribution in [2.75, 3.05) is 5.32 Å². The second kappa shape index (κ2) is 7.91. The Labute approximate surface area is 134 Å². The highest BCUT2D eigenvalue weighted by Crippen LogP contribution is 2.20. The van der Waals surface area contributed by atoms with Crippen molar-refractivity contribution in [1.29, 1.82) is 0 Å². The Morgan fingerprint density at radius 3 is 2.73 bits per heavy atom. The minimum absolute atomic E-state index is 0.0815. The lowest BCUT2D eigenvalue weighted by Crippen LogP contribution is -2.41. The number of aromatic nitrogens is 1. The molecule has 0 aliphatic rings. The smallest absolute Gasteiger partial charge is 0.320 e. The number of nitrogens with zero attached hydrogens (tertiary/aromatic N) is 1. The van der Waals surface area contributed by atoms with Crippen molar-refractivity contribution in [2.24, 2.45) is 5.92 Å². The van der Waals surface area contributed by atoms with Gasteiger partial charge in [-0.1, -0.05) is 38.5 Å². The normalized spacial score (nSPS) is 13.5. The number of hydrogen-bond donors (Lipinski definition) is 3. The number of carboxylic acids is 1. The molecule has 1 aromatic carbocycles. The van der Waals surface area contributed by atoms with E-state index < -0.39 is 12.0 Å². The molecule has 0 bridgehead atoms. The number of nitrogens with one attached hydrogen (secondary N) is 2. The van der Waals surface area contributed by atoms with E-state index in [2.05, 4.69) is 15.6 Å². The summed E-state index contributed by atoms with van der Waals surface area (Å²) < 4.78 is 0. The topological polar surface area (TPSA) is 74.2 Å². The van der Waals surface area contributed by atoms with E-state index in [4.69, 9.17) is 0 Å². The molecule has 1 heterocycles. The zero-order valence-corrected chi connectivity index (χ0v) is 13.6. The SMILES string of the molecule is CC[C@H](C)[C@H](NCc1csc(Nc2ccccc2)n1)C(=O)O. The Morgan fingerprint density at radius 2 is 2.09 bits per heavy atom. The summed E-state index contributed by atoms with van der Waals surface area (Å²) in [5.74, 6) is -0.731. The van der Waals surface area contributed by atoms with Crippen molar-refractivity contribution in [3.05, 3.63) is 41.4 Å². The van der Waals surface area contributed by atoms with E-state index in [0.717, 1.165) is 22.9 Å². The number of anilines is 2. The van der Waals surface area contributed by atoms with Crippen LogP contribution in [-0.2, 0) is 11.3 Å². The van der Waals surface area contributed by atoms with Gasteiger partial charge >= 0.3 is 5.97 Å². The van der Waals surface area contributed by atoms with Gasteiger partial charge in [0, 0.05) is 17.6 Å². The lowest BCUT2D eigenvalue weighted by molar-refractivity contribution is -0.140. The van der Waals surface area contributed by atoms with Crippen molar-refractivity contribution in [3.8, 4) is 0 Å². The lowest BCUT2D eigenvalue weighted by Gasteiger charge is -2.19. The fourth-order valence-corrected chi connectivity index (χ4v) is 2.80. The number of benzene rings is 1. The molecular formula is C16H21N3O2S. The van der Waals surface area contributed by atoms with E-state index in [-0.39, 0.29) is 5.92 Å². The first-order chi connectivity index (χ1) is 10.6. The van der Waals surface area contributed by atoms with Gasteiger partial charge in [0.2, 0.25) is 0 Å². The summed E-state index contributed by atoms with van der Waals surface area (Å²) in [5, 5.41) is 18.3. The number of thiazole rings is 1. The molecule has 2 aromatic rings. The summed E-state index contributed by atoms with van der Waals surface area (Å²) in [5.41, 5.74) is 1.83. The third-order valence-electron chi connectivity index (χ3n) is 3.56. The number of hydrogen-bond acceptors (Lipinski definition) is 5. The Morgan fingerprint density at radius 1 is 1.36 bits per heavy atom. The van der Waals surface area contributed by atoms with Crippen LogP contribution in [0.3, 0.4) is 0 Å². The monoisotopic (exact) mass is 319 g/mol. The summed E-state index contributed by atoms with van der Waals surface area (Å²) in [6, 6.07) is 9.29. The van der Waals surface area contributed by atoms with E-state index in [9.17, 15) is 9.90 Å². The van der Waals surface area contributed by atoms with Gasteiger partial charge in [0.25, 0.3) is 0 Å². The molecule has 0 aliphatic heterocycles. The standard InChI is InChI=1S/C16H21N3O2S/c1-3-11(2)14(15(20)21)17-9-13-10-22-16(19-13)18-12-7-5-4-6-8-12/h4-8,10-11,14,17H,3,9H2,1-2H3,(H,18,19)(H,20,21)/t11-,14-/m0/s1. The van der Waals surface area contributed by atoms with Gasteiger partial charge in [0.1, 0.15) is 6.04 Å². The van der Waals surface area contributed by atoms with Crippen LogP contribution in [-0.4, -0.2) is 22.1 Å². The summed E-state index contributed by atoms with van der Waals surface area (Å²) in [6.45, 7) is 4.39. The maximum Gasteiger partial charge on any atom is 0.320 e. The number of aliphatic carboxylic acids is 1. The molecule has 6 heteroatoms. The van der Waals surface area contributed by atoms with Crippen LogP contribution in [0.2, 0.25) is 0 Å². The zero-order chi connectivity index (χ0) is 15.9. The Hall–Kier alpha value is -1.92. The third kappa shape index (κ3) is 4.54. The molecule has 0 saturated carbocycles. The van der Waals surface area contributed by atoms with Crippen LogP contribution in [0.25, 0.3) is 0 Å². The molecule has 0 unspecified atom stereocenters. The molecule has 118 valence electrons. The van der Waals surface area contributed by atoms with Crippen molar-refractivity contribution < 1.29 is 9.90 Å². The van der Waals surface area contributed by atoms with E-state index in [1.54, 1.807) is 0 Å². The number of carboxylic acid groups (broad SMARTS) is 1. The predicted molar refractivity (Wildman–Crippen MR) is 89.6 cm³/mol. The molecule has 3 N–H and O–H groups in total. The van der Waals surface area contributed by atoms with Gasteiger partial charge in [-0.2, -0.15) is 0 Å². The summed E-state index contributed by atoms with van der Waals surface area (Å²) in [7, 11) is 0. The highest BCUT2D eigenvalue weighted by Gasteiger charge is 2.22. The van der Waals surface area contributed by atoms with Gasteiger partial charge in [-0.3, -0.25) is 10.1 Å². The molecule has 0 fully saturated rings. The molecular weight excluding hydrogens is 298 g/mol. The minimum atomic E-state index is -0.813. The van der Waals surface area contributed by atoms with Crippen molar-refractivity contribution in [1.82, 2.24) is 10.3 Å². The first-order valence-corrected chi connectivity index (χ1v) is 8.20. The summed E-state index contributed by atoms with van der Waals surface area (Å²) in [4.78, 5) is 15.7. The molecule has 0 saturated heterocycles. The van der Waals surface area contributed by atoms with Crippen LogP contribution in [0, 0.1) is 5.92 Å². The van der Waals surface area contributed by atoms with Crippen LogP contribution in [0.4, 0.5) is 10.8 Å². The lowest BCUT2D eigenvalue weighted by atomic mass is 9.99.